The van der Waals surface area contributed by atoms with Gasteiger partial charge in [0.1, 0.15) is 0 Å². The molecule has 5 unspecified atom stereocenters. The minimum atomic E-state index is 0.318. The fourth-order valence-electron chi connectivity index (χ4n) is 3.90. The summed E-state index contributed by atoms with van der Waals surface area (Å²) in [6, 6.07) is 0. The highest BCUT2D eigenvalue weighted by molar-refractivity contribution is 4.82. The van der Waals surface area contributed by atoms with Crippen molar-refractivity contribution in [3.8, 4) is 0 Å². The third kappa shape index (κ3) is 5.22. The second kappa shape index (κ2) is 8.50. The summed E-state index contributed by atoms with van der Waals surface area (Å²) < 4.78 is 12.4. The standard InChI is InChI=1S/C18H35NO2/c1-5-19-11-15-7-8-16(21-15)12-20-18-10-14(4)6-9-17(18)13(2)3/h13-19H,5-12H2,1-4H3. The molecule has 0 spiro atoms. The second-order valence-electron chi connectivity index (χ2n) is 7.46. The molecule has 2 fully saturated rings. The highest BCUT2D eigenvalue weighted by Gasteiger charge is 2.33. The summed E-state index contributed by atoms with van der Waals surface area (Å²) in [6.07, 6.45) is 7.43. The fraction of sp³-hybridized carbons (Fsp3) is 1.00. The van der Waals surface area contributed by atoms with Crippen LogP contribution in [-0.4, -0.2) is 38.0 Å². The van der Waals surface area contributed by atoms with E-state index in [9.17, 15) is 0 Å². The number of likely N-dealkylation sites (N-methyl/N-ethyl adjacent to an activating group) is 1. The normalized spacial score (nSPS) is 37.3. The third-order valence-corrected chi connectivity index (χ3v) is 5.28. The Labute approximate surface area is 131 Å². The molecule has 2 rings (SSSR count). The van der Waals surface area contributed by atoms with E-state index in [0.717, 1.165) is 43.9 Å². The monoisotopic (exact) mass is 297 g/mol. The highest BCUT2D eigenvalue weighted by atomic mass is 16.5. The van der Waals surface area contributed by atoms with Crippen LogP contribution in [0.15, 0.2) is 0 Å². The van der Waals surface area contributed by atoms with Gasteiger partial charge in [-0.3, -0.25) is 0 Å². The Bertz CT molecular complexity index is 295. The van der Waals surface area contributed by atoms with E-state index < -0.39 is 0 Å². The average molecular weight is 297 g/mol. The van der Waals surface area contributed by atoms with E-state index >= 15 is 0 Å². The number of rotatable bonds is 7. The maximum Gasteiger partial charge on any atom is 0.0814 e. The summed E-state index contributed by atoms with van der Waals surface area (Å²) in [5, 5.41) is 3.38. The lowest BCUT2D eigenvalue weighted by molar-refractivity contribution is -0.0825. The van der Waals surface area contributed by atoms with Crippen molar-refractivity contribution in [2.75, 3.05) is 19.7 Å². The lowest BCUT2D eigenvalue weighted by atomic mass is 9.75. The van der Waals surface area contributed by atoms with Crippen molar-refractivity contribution in [2.24, 2.45) is 17.8 Å². The largest absolute Gasteiger partial charge is 0.375 e. The first kappa shape index (κ1) is 17.2. The van der Waals surface area contributed by atoms with Gasteiger partial charge in [0.25, 0.3) is 0 Å². The lowest BCUT2D eigenvalue weighted by Gasteiger charge is -2.37. The van der Waals surface area contributed by atoms with Gasteiger partial charge in [-0.2, -0.15) is 0 Å². The number of ether oxygens (including phenoxy) is 2. The van der Waals surface area contributed by atoms with E-state index in [0.29, 0.717) is 18.3 Å². The molecule has 3 nitrogen and oxygen atoms in total. The zero-order valence-electron chi connectivity index (χ0n) is 14.4. The van der Waals surface area contributed by atoms with Crippen LogP contribution in [0.5, 0.6) is 0 Å². The Balaban J connectivity index is 1.73. The summed E-state index contributed by atoms with van der Waals surface area (Å²) in [4.78, 5) is 0. The molecule has 1 heterocycles. The van der Waals surface area contributed by atoms with Gasteiger partial charge in [0, 0.05) is 6.54 Å². The molecule has 124 valence electrons. The van der Waals surface area contributed by atoms with Gasteiger partial charge in [-0.15, -0.1) is 0 Å². The zero-order valence-corrected chi connectivity index (χ0v) is 14.4. The fourth-order valence-corrected chi connectivity index (χ4v) is 3.90. The van der Waals surface area contributed by atoms with Crippen LogP contribution in [0.4, 0.5) is 0 Å². The molecular weight excluding hydrogens is 262 g/mol. The predicted molar refractivity (Wildman–Crippen MR) is 87.5 cm³/mol. The van der Waals surface area contributed by atoms with Crippen LogP contribution in [0.3, 0.4) is 0 Å². The molecule has 1 saturated carbocycles. The summed E-state index contributed by atoms with van der Waals surface area (Å²) in [7, 11) is 0. The van der Waals surface area contributed by atoms with Crippen LogP contribution < -0.4 is 5.32 Å². The second-order valence-corrected chi connectivity index (χ2v) is 7.46. The van der Waals surface area contributed by atoms with Crippen molar-refractivity contribution in [1.29, 1.82) is 0 Å². The first-order valence-corrected chi connectivity index (χ1v) is 9.07. The molecular formula is C18H35NO2. The summed E-state index contributed by atoms with van der Waals surface area (Å²) >= 11 is 0. The van der Waals surface area contributed by atoms with E-state index in [4.69, 9.17) is 9.47 Å². The van der Waals surface area contributed by atoms with Crippen LogP contribution in [0.1, 0.15) is 59.8 Å². The van der Waals surface area contributed by atoms with Crippen LogP contribution in [0, 0.1) is 17.8 Å². The Morgan fingerprint density at radius 2 is 1.90 bits per heavy atom. The van der Waals surface area contributed by atoms with Gasteiger partial charge >= 0.3 is 0 Å². The van der Waals surface area contributed by atoms with Crippen molar-refractivity contribution in [1.82, 2.24) is 5.32 Å². The van der Waals surface area contributed by atoms with E-state index in [-0.39, 0.29) is 0 Å². The lowest BCUT2D eigenvalue weighted by Crippen LogP contribution is -2.36. The summed E-state index contributed by atoms with van der Waals surface area (Å²) in [5.74, 6) is 2.28. The van der Waals surface area contributed by atoms with Gasteiger partial charge in [0.05, 0.1) is 24.9 Å². The van der Waals surface area contributed by atoms with Gasteiger partial charge in [0.15, 0.2) is 0 Å². The van der Waals surface area contributed by atoms with E-state index in [1.54, 1.807) is 0 Å². The van der Waals surface area contributed by atoms with Crippen molar-refractivity contribution in [3.05, 3.63) is 0 Å². The molecule has 0 aromatic rings. The van der Waals surface area contributed by atoms with Gasteiger partial charge in [-0.05, 0) is 50.0 Å². The molecule has 5 atom stereocenters. The minimum absolute atomic E-state index is 0.318. The Morgan fingerprint density at radius 3 is 2.62 bits per heavy atom. The number of hydrogen-bond acceptors (Lipinski definition) is 3. The van der Waals surface area contributed by atoms with Crippen molar-refractivity contribution in [2.45, 2.75) is 78.1 Å². The van der Waals surface area contributed by atoms with Crippen LogP contribution in [-0.2, 0) is 9.47 Å². The maximum atomic E-state index is 6.32. The molecule has 0 aromatic carbocycles. The molecule has 0 amide bonds. The minimum Gasteiger partial charge on any atom is -0.375 e. The first-order valence-electron chi connectivity index (χ1n) is 9.07. The number of hydrogen-bond donors (Lipinski definition) is 1. The predicted octanol–water partition coefficient (Wildman–Crippen LogP) is 3.62. The molecule has 0 radical (unpaired) electrons. The van der Waals surface area contributed by atoms with Gasteiger partial charge in [-0.25, -0.2) is 0 Å². The molecule has 0 aromatic heterocycles. The summed E-state index contributed by atoms with van der Waals surface area (Å²) in [6.45, 7) is 12.0. The van der Waals surface area contributed by atoms with Crippen LogP contribution in [0.25, 0.3) is 0 Å². The molecule has 1 aliphatic heterocycles. The molecule has 2 aliphatic rings. The topological polar surface area (TPSA) is 30.5 Å². The molecule has 0 bridgehead atoms. The average Bonchev–Trinajstić information content (AvgIpc) is 2.90. The first-order chi connectivity index (χ1) is 10.1. The summed E-state index contributed by atoms with van der Waals surface area (Å²) in [5.41, 5.74) is 0. The third-order valence-electron chi connectivity index (χ3n) is 5.28. The van der Waals surface area contributed by atoms with Crippen molar-refractivity contribution in [3.63, 3.8) is 0 Å². The smallest absolute Gasteiger partial charge is 0.0814 e. The van der Waals surface area contributed by atoms with Crippen molar-refractivity contribution >= 4 is 0 Å². The Hall–Kier alpha value is -0.120. The highest BCUT2D eigenvalue weighted by Crippen LogP contribution is 2.35. The van der Waals surface area contributed by atoms with E-state index in [1.165, 1.54) is 25.7 Å². The Kier molecular flexibility index (Phi) is 6.97. The van der Waals surface area contributed by atoms with Crippen molar-refractivity contribution < 1.29 is 9.47 Å². The molecule has 21 heavy (non-hydrogen) atoms. The molecule has 3 heteroatoms. The van der Waals surface area contributed by atoms with Crippen LogP contribution >= 0.6 is 0 Å². The molecule has 1 N–H and O–H groups in total. The number of nitrogens with one attached hydrogen (secondary N) is 1. The SMILES string of the molecule is CCNCC1CCC(COC2CC(C)CCC2C(C)C)O1. The Morgan fingerprint density at radius 1 is 1.14 bits per heavy atom. The molecule has 1 saturated heterocycles. The van der Waals surface area contributed by atoms with Gasteiger partial charge in [-0.1, -0.05) is 34.1 Å². The van der Waals surface area contributed by atoms with E-state index in [2.05, 4.69) is 33.0 Å². The van der Waals surface area contributed by atoms with Crippen LogP contribution in [0.2, 0.25) is 0 Å². The zero-order chi connectivity index (χ0) is 15.2. The molecule has 1 aliphatic carbocycles. The van der Waals surface area contributed by atoms with E-state index in [1.807, 2.05) is 0 Å². The quantitative estimate of drug-likeness (QED) is 0.778. The maximum absolute atomic E-state index is 6.32. The van der Waals surface area contributed by atoms with Gasteiger partial charge in [0.2, 0.25) is 0 Å². The van der Waals surface area contributed by atoms with Gasteiger partial charge < -0.3 is 14.8 Å².